The predicted octanol–water partition coefficient (Wildman–Crippen LogP) is 2.17. The van der Waals surface area contributed by atoms with Crippen molar-refractivity contribution >= 4 is 10.0 Å². The average Bonchev–Trinajstić information content (AvgIpc) is 2.34. The number of nitrogens with one attached hydrogen (secondary N) is 1. The van der Waals surface area contributed by atoms with Crippen LogP contribution in [0.4, 0.5) is 0 Å². The molecule has 0 bridgehead atoms. The van der Waals surface area contributed by atoms with Crippen molar-refractivity contribution in [2.24, 2.45) is 11.1 Å². The lowest BCUT2D eigenvalue weighted by Gasteiger charge is -2.38. The van der Waals surface area contributed by atoms with Gasteiger partial charge >= 0.3 is 0 Å². The quantitative estimate of drug-likeness (QED) is 0.869. The maximum absolute atomic E-state index is 12.2. The highest BCUT2D eigenvalue weighted by Gasteiger charge is 2.33. The first kappa shape index (κ1) is 14.5. The maximum Gasteiger partial charge on any atom is 0.240 e. The summed E-state index contributed by atoms with van der Waals surface area (Å²) in [5.74, 6) is 0. The Labute approximate surface area is 115 Å². The first-order valence-electron chi connectivity index (χ1n) is 6.68. The summed E-state index contributed by atoms with van der Waals surface area (Å²) in [6, 6.07) is 6.67. The normalized spacial score (nSPS) is 19.7. The van der Waals surface area contributed by atoms with Gasteiger partial charge in [-0.2, -0.15) is 0 Å². The van der Waals surface area contributed by atoms with Crippen molar-refractivity contribution < 1.29 is 8.42 Å². The second-order valence-electron chi connectivity index (χ2n) is 5.85. The van der Waals surface area contributed by atoms with Crippen LogP contribution in [-0.2, 0) is 10.0 Å². The van der Waals surface area contributed by atoms with E-state index in [4.69, 9.17) is 5.73 Å². The fraction of sp³-hybridized carbons (Fsp3) is 0.571. The van der Waals surface area contributed by atoms with Gasteiger partial charge in [0.25, 0.3) is 0 Å². The standard InChI is InChI=1S/C14H22N2O2S/c1-11(15)12-5-3-6-13(9-12)19(17,18)16-10-14(2)7-4-8-14/h3,5-6,9,11,16H,4,7-8,10,15H2,1-2H3. The molecule has 1 aromatic carbocycles. The zero-order valence-corrected chi connectivity index (χ0v) is 12.3. The van der Waals surface area contributed by atoms with Crippen LogP contribution in [0.2, 0.25) is 0 Å². The summed E-state index contributed by atoms with van der Waals surface area (Å²) in [4.78, 5) is 0.297. The topological polar surface area (TPSA) is 72.2 Å². The SMILES string of the molecule is CC(N)c1cccc(S(=O)(=O)NCC2(C)CCC2)c1. The van der Waals surface area contributed by atoms with Crippen LogP contribution in [0.5, 0.6) is 0 Å². The largest absolute Gasteiger partial charge is 0.324 e. The van der Waals surface area contributed by atoms with E-state index in [-0.39, 0.29) is 11.5 Å². The third-order valence-corrected chi connectivity index (χ3v) is 5.34. The van der Waals surface area contributed by atoms with E-state index in [1.54, 1.807) is 18.2 Å². The van der Waals surface area contributed by atoms with Crippen molar-refractivity contribution in [3.8, 4) is 0 Å². The zero-order valence-electron chi connectivity index (χ0n) is 11.5. The van der Waals surface area contributed by atoms with Gasteiger partial charge in [-0.25, -0.2) is 13.1 Å². The van der Waals surface area contributed by atoms with E-state index in [1.165, 1.54) is 6.42 Å². The van der Waals surface area contributed by atoms with Gasteiger partial charge in [-0.3, -0.25) is 0 Å². The van der Waals surface area contributed by atoms with E-state index >= 15 is 0 Å². The Balaban J connectivity index is 2.12. The molecule has 0 heterocycles. The van der Waals surface area contributed by atoms with E-state index in [0.29, 0.717) is 11.4 Å². The van der Waals surface area contributed by atoms with E-state index in [9.17, 15) is 8.42 Å². The fourth-order valence-electron chi connectivity index (χ4n) is 2.27. The van der Waals surface area contributed by atoms with Gasteiger partial charge in [0.15, 0.2) is 0 Å². The molecule has 0 aromatic heterocycles. The van der Waals surface area contributed by atoms with E-state index in [2.05, 4.69) is 11.6 Å². The highest BCUT2D eigenvalue weighted by molar-refractivity contribution is 7.89. The summed E-state index contributed by atoms with van der Waals surface area (Å²) in [6.07, 6.45) is 3.38. The smallest absolute Gasteiger partial charge is 0.240 e. The summed E-state index contributed by atoms with van der Waals surface area (Å²) in [5.41, 5.74) is 6.75. The fourth-order valence-corrected chi connectivity index (χ4v) is 3.53. The van der Waals surface area contributed by atoms with Gasteiger partial charge in [-0.1, -0.05) is 25.5 Å². The van der Waals surface area contributed by atoms with Gasteiger partial charge in [0, 0.05) is 12.6 Å². The van der Waals surface area contributed by atoms with Crippen molar-refractivity contribution in [1.82, 2.24) is 4.72 Å². The lowest BCUT2D eigenvalue weighted by Crippen LogP contribution is -2.39. The third-order valence-electron chi connectivity index (χ3n) is 3.94. The van der Waals surface area contributed by atoms with Gasteiger partial charge in [-0.05, 0) is 42.9 Å². The molecule has 1 unspecified atom stereocenters. The molecule has 0 radical (unpaired) electrons. The van der Waals surface area contributed by atoms with Crippen molar-refractivity contribution in [3.05, 3.63) is 29.8 Å². The molecule has 1 aliphatic carbocycles. The minimum Gasteiger partial charge on any atom is -0.324 e. The van der Waals surface area contributed by atoms with Crippen molar-refractivity contribution in [1.29, 1.82) is 0 Å². The number of hydrogen-bond donors (Lipinski definition) is 2. The van der Waals surface area contributed by atoms with Crippen molar-refractivity contribution in [2.75, 3.05) is 6.54 Å². The Morgan fingerprint density at radius 2 is 2.11 bits per heavy atom. The molecule has 4 nitrogen and oxygen atoms in total. The molecule has 19 heavy (non-hydrogen) atoms. The van der Waals surface area contributed by atoms with Gasteiger partial charge in [0.05, 0.1) is 4.90 Å². The Hall–Kier alpha value is -0.910. The Morgan fingerprint density at radius 1 is 1.42 bits per heavy atom. The molecular formula is C14H22N2O2S. The summed E-state index contributed by atoms with van der Waals surface area (Å²) < 4.78 is 27.2. The monoisotopic (exact) mass is 282 g/mol. The van der Waals surface area contributed by atoms with Crippen LogP contribution in [0.3, 0.4) is 0 Å². The number of rotatable bonds is 5. The Morgan fingerprint density at radius 3 is 2.63 bits per heavy atom. The Kier molecular flexibility index (Phi) is 3.99. The van der Waals surface area contributed by atoms with Gasteiger partial charge in [-0.15, -0.1) is 0 Å². The number of benzene rings is 1. The highest BCUT2D eigenvalue weighted by Crippen LogP contribution is 2.39. The summed E-state index contributed by atoms with van der Waals surface area (Å²) in [7, 11) is -3.43. The molecule has 1 aromatic rings. The van der Waals surface area contributed by atoms with Crippen LogP contribution in [0.25, 0.3) is 0 Å². The molecule has 3 N–H and O–H groups in total. The predicted molar refractivity (Wildman–Crippen MR) is 76.2 cm³/mol. The van der Waals surface area contributed by atoms with Crippen LogP contribution in [-0.4, -0.2) is 15.0 Å². The molecular weight excluding hydrogens is 260 g/mol. The third kappa shape index (κ3) is 3.35. The summed E-state index contributed by atoms with van der Waals surface area (Å²) in [5, 5.41) is 0. The first-order chi connectivity index (χ1) is 8.82. The van der Waals surface area contributed by atoms with Crippen LogP contribution in [0.15, 0.2) is 29.2 Å². The molecule has 1 fully saturated rings. The lowest BCUT2D eigenvalue weighted by molar-refractivity contribution is 0.166. The van der Waals surface area contributed by atoms with Crippen LogP contribution in [0, 0.1) is 5.41 Å². The Bertz CT molecular complexity index is 548. The number of sulfonamides is 1. The molecule has 0 saturated heterocycles. The summed E-state index contributed by atoms with van der Waals surface area (Å²) >= 11 is 0. The van der Waals surface area contributed by atoms with Crippen LogP contribution < -0.4 is 10.5 Å². The van der Waals surface area contributed by atoms with Crippen molar-refractivity contribution in [3.63, 3.8) is 0 Å². The van der Waals surface area contributed by atoms with Crippen LogP contribution >= 0.6 is 0 Å². The minimum absolute atomic E-state index is 0.131. The molecule has 1 atom stereocenters. The van der Waals surface area contributed by atoms with Gasteiger partial charge < -0.3 is 5.73 Å². The van der Waals surface area contributed by atoms with E-state index < -0.39 is 10.0 Å². The van der Waals surface area contributed by atoms with Gasteiger partial charge in [0.2, 0.25) is 10.0 Å². The average molecular weight is 282 g/mol. The number of hydrogen-bond acceptors (Lipinski definition) is 3. The second kappa shape index (κ2) is 5.23. The molecule has 1 saturated carbocycles. The lowest BCUT2D eigenvalue weighted by atomic mass is 9.71. The molecule has 1 aliphatic rings. The van der Waals surface area contributed by atoms with E-state index in [0.717, 1.165) is 18.4 Å². The maximum atomic E-state index is 12.2. The molecule has 0 spiro atoms. The van der Waals surface area contributed by atoms with Crippen LogP contribution in [0.1, 0.15) is 44.7 Å². The highest BCUT2D eigenvalue weighted by atomic mass is 32.2. The second-order valence-corrected chi connectivity index (χ2v) is 7.62. The van der Waals surface area contributed by atoms with E-state index in [1.807, 2.05) is 13.0 Å². The molecule has 0 aliphatic heterocycles. The van der Waals surface area contributed by atoms with Gasteiger partial charge in [0.1, 0.15) is 0 Å². The molecule has 2 rings (SSSR count). The molecule has 5 heteroatoms. The van der Waals surface area contributed by atoms with Crippen molar-refractivity contribution in [2.45, 2.75) is 44.0 Å². The number of nitrogens with two attached hydrogens (primary N) is 1. The molecule has 106 valence electrons. The zero-order chi connectivity index (χ0) is 14.1. The molecule has 0 amide bonds. The first-order valence-corrected chi connectivity index (χ1v) is 8.16. The minimum atomic E-state index is -3.43. The summed E-state index contributed by atoms with van der Waals surface area (Å²) in [6.45, 7) is 4.48.